The molecule has 2 nitrogen and oxygen atoms in total. The number of hydrogen-bond acceptors (Lipinski definition) is 2. The van der Waals surface area contributed by atoms with Crippen LogP contribution in [0.2, 0.25) is 0 Å². The molecule has 2 aromatic carbocycles. The van der Waals surface area contributed by atoms with Crippen LogP contribution >= 0.6 is 0 Å². The SMILES string of the molecule is CN1CC(C(=O)c2ccccc2)=Cc2ccccc21. The maximum atomic E-state index is 12.5. The first-order chi connectivity index (χ1) is 9.25. The molecule has 1 aliphatic heterocycles. The lowest BCUT2D eigenvalue weighted by molar-refractivity contribution is 0.103. The molecule has 0 fully saturated rings. The van der Waals surface area contributed by atoms with Gasteiger partial charge < -0.3 is 4.90 Å². The van der Waals surface area contributed by atoms with Crippen molar-refractivity contribution < 1.29 is 4.79 Å². The average molecular weight is 249 g/mol. The number of rotatable bonds is 2. The predicted molar refractivity (Wildman–Crippen MR) is 78.5 cm³/mol. The van der Waals surface area contributed by atoms with Gasteiger partial charge in [0.2, 0.25) is 0 Å². The van der Waals surface area contributed by atoms with Crippen molar-refractivity contribution in [3.63, 3.8) is 0 Å². The van der Waals surface area contributed by atoms with E-state index in [1.54, 1.807) is 0 Å². The summed E-state index contributed by atoms with van der Waals surface area (Å²) in [6.45, 7) is 0.657. The molecule has 0 bridgehead atoms. The van der Waals surface area contributed by atoms with Crippen molar-refractivity contribution >= 4 is 17.5 Å². The van der Waals surface area contributed by atoms with Crippen LogP contribution in [-0.2, 0) is 0 Å². The minimum absolute atomic E-state index is 0.113. The molecule has 2 aromatic rings. The Balaban J connectivity index is 2.00. The number of ketones is 1. The van der Waals surface area contributed by atoms with Crippen molar-refractivity contribution in [1.82, 2.24) is 0 Å². The summed E-state index contributed by atoms with van der Waals surface area (Å²) in [5.41, 5.74) is 3.87. The summed E-state index contributed by atoms with van der Waals surface area (Å²) in [6.07, 6.45) is 2.00. The molecule has 94 valence electrons. The van der Waals surface area contributed by atoms with Gasteiger partial charge in [-0.15, -0.1) is 0 Å². The minimum Gasteiger partial charge on any atom is -0.370 e. The van der Waals surface area contributed by atoms with E-state index in [4.69, 9.17) is 0 Å². The van der Waals surface area contributed by atoms with Crippen LogP contribution in [0.5, 0.6) is 0 Å². The smallest absolute Gasteiger partial charge is 0.190 e. The lowest BCUT2D eigenvalue weighted by Crippen LogP contribution is -2.27. The standard InChI is InChI=1S/C17H15NO/c1-18-12-15(11-14-9-5-6-10-16(14)18)17(19)13-7-3-2-4-8-13/h2-11H,12H2,1H3. The molecule has 1 aliphatic rings. The fraction of sp³-hybridized carbons (Fsp3) is 0.118. The summed E-state index contributed by atoms with van der Waals surface area (Å²) in [5.74, 6) is 0.113. The van der Waals surface area contributed by atoms with E-state index in [1.165, 1.54) is 5.69 Å². The second-order valence-corrected chi connectivity index (χ2v) is 4.78. The Morgan fingerprint density at radius 1 is 1.00 bits per heavy atom. The van der Waals surface area contributed by atoms with Crippen molar-refractivity contribution in [2.75, 3.05) is 18.5 Å². The summed E-state index contributed by atoms with van der Waals surface area (Å²) < 4.78 is 0. The predicted octanol–water partition coefficient (Wildman–Crippen LogP) is 3.40. The molecule has 1 heterocycles. The van der Waals surface area contributed by atoms with Crippen LogP contribution in [0.4, 0.5) is 5.69 Å². The quantitative estimate of drug-likeness (QED) is 0.760. The van der Waals surface area contributed by atoms with Gasteiger partial charge in [-0.3, -0.25) is 4.79 Å². The maximum Gasteiger partial charge on any atom is 0.190 e. The molecule has 0 aliphatic carbocycles. The number of anilines is 1. The average Bonchev–Trinajstić information content (AvgIpc) is 2.47. The highest BCUT2D eigenvalue weighted by atomic mass is 16.1. The first-order valence-corrected chi connectivity index (χ1v) is 6.36. The van der Waals surface area contributed by atoms with Gasteiger partial charge >= 0.3 is 0 Å². The largest absolute Gasteiger partial charge is 0.370 e. The lowest BCUT2D eigenvalue weighted by atomic mass is 9.96. The zero-order valence-electron chi connectivity index (χ0n) is 10.8. The van der Waals surface area contributed by atoms with Gasteiger partial charge in [0.25, 0.3) is 0 Å². The molecule has 0 amide bonds. The van der Waals surface area contributed by atoms with E-state index < -0.39 is 0 Å². The first-order valence-electron chi connectivity index (χ1n) is 6.36. The Morgan fingerprint density at radius 2 is 1.68 bits per heavy atom. The molecule has 0 spiro atoms. The Hall–Kier alpha value is -2.35. The van der Waals surface area contributed by atoms with Gasteiger partial charge in [0, 0.05) is 30.4 Å². The van der Waals surface area contributed by atoms with Crippen LogP contribution in [0, 0.1) is 0 Å². The zero-order chi connectivity index (χ0) is 13.2. The van der Waals surface area contributed by atoms with E-state index in [0.29, 0.717) is 6.54 Å². The van der Waals surface area contributed by atoms with E-state index in [9.17, 15) is 4.79 Å². The molecule has 0 saturated heterocycles. The first kappa shape index (κ1) is 11.7. The zero-order valence-corrected chi connectivity index (χ0v) is 10.8. The number of Topliss-reactive ketones (excluding diaryl/α,β-unsaturated/α-hetero) is 1. The molecular weight excluding hydrogens is 234 g/mol. The number of benzene rings is 2. The molecule has 2 heteroatoms. The number of carbonyl (C=O) groups is 1. The number of fused-ring (bicyclic) bond motifs is 1. The molecule has 0 radical (unpaired) electrons. The summed E-state index contributed by atoms with van der Waals surface area (Å²) in [7, 11) is 2.02. The van der Waals surface area contributed by atoms with Crippen molar-refractivity contribution in [1.29, 1.82) is 0 Å². The highest BCUT2D eigenvalue weighted by Crippen LogP contribution is 2.28. The Bertz CT molecular complexity index is 643. The molecule has 0 aromatic heterocycles. The third kappa shape index (κ3) is 2.17. The molecule has 0 unspecified atom stereocenters. The van der Waals surface area contributed by atoms with Crippen LogP contribution in [-0.4, -0.2) is 19.4 Å². The Morgan fingerprint density at radius 3 is 2.47 bits per heavy atom. The fourth-order valence-corrected chi connectivity index (χ4v) is 2.44. The van der Waals surface area contributed by atoms with Gasteiger partial charge in [-0.05, 0) is 17.7 Å². The van der Waals surface area contributed by atoms with Crippen molar-refractivity contribution in [3.05, 3.63) is 71.3 Å². The number of hydrogen-bond donors (Lipinski definition) is 0. The van der Waals surface area contributed by atoms with E-state index in [1.807, 2.05) is 61.7 Å². The van der Waals surface area contributed by atoms with Gasteiger partial charge in [0.05, 0.1) is 0 Å². The van der Waals surface area contributed by atoms with E-state index in [-0.39, 0.29) is 5.78 Å². The molecular formula is C17H15NO. The monoisotopic (exact) mass is 249 g/mol. The van der Waals surface area contributed by atoms with E-state index >= 15 is 0 Å². The van der Waals surface area contributed by atoms with Crippen molar-refractivity contribution in [2.24, 2.45) is 0 Å². The second kappa shape index (κ2) is 4.73. The summed E-state index contributed by atoms with van der Waals surface area (Å²) in [4.78, 5) is 14.6. The van der Waals surface area contributed by atoms with Crippen LogP contribution in [0.1, 0.15) is 15.9 Å². The van der Waals surface area contributed by atoms with Crippen molar-refractivity contribution in [3.8, 4) is 0 Å². The van der Waals surface area contributed by atoms with Gasteiger partial charge in [0.15, 0.2) is 5.78 Å². The Kier molecular flexibility index (Phi) is 2.92. The number of carbonyl (C=O) groups excluding carboxylic acids is 1. The second-order valence-electron chi connectivity index (χ2n) is 4.78. The number of nitrogens with zero attached hydrogens (tertiary/aromatic N) is 1. The lowest BCUT2D eigenvalue weighted by Gasteiger charge is -2.27. The number of para-hydroxylation sites is 1. The van der Waals surface area contributed by atoms with Crippen LogP contribution in [0.3, 0.4) is 0 Å². The maximum absolute atomic E-state index is 12.5. The van der Waals surface area contributed by atoms with Crippen LogP contribution in [0.15, 0.2) is 60.2 Å². The highest BCUT2D eigenvalue weighted by Gasteiger charge is 2.19. The van der Waals surface area contributed by atoms with Gasteiger partial charge in [-0.2, -0.15) is 0 Å². The van der Waals surface area contributed by atoms with Gasteiger partial charge in [-0.1, -0.05) is 48.5 Å². The minimum atomic E-state index is 0.113. The van der Waals surface area contributed by atoms with Crippen LogP contribution in [0.25, 0.3) is 6.08 Å². The van der Waals surface area contributed by atoms with Crippen LogP contribution < -0.4 is 4.90 Å². The molecule has 19 heavy (non-hydrogen) atoms. The number of likely N-dealkylation sites (N-methyl/N-ethyl adjacent to an activating group) is 1. The van der Waals surface area contributed by atoms with E-state index in [0.717, 1.165) is 16.7 Å². The fourth-order valence-electron chi connectivity index (χ4n) is 2.44. The summed E-state index contributed by atoms with van der Waals surface area (Å²) >= 11 is 0. The van der Waals surface area contributed by atoms with Gasteiger partial charge in [-0.25, -0.2) is 0 Å². The molecule has 0 atom stereocenters. The molecule has 3 rings (SSSR count). The summed E-state index contributed by atoms with van der Waals surface area (Å²) in [6, 6.07) is 17.6. The molecule has 0 saturated carbocycles. The van der Waals surface area contributed by atoms with Crippen molar-refractivity contribution in [2.45, 2.75) is 0 Å². The molecule has 0 N–H and O–H groups in total. The topological polar surface area (TPSA) is 20.3 Å². The summed E-state index contributed by atoms with van der Waals surface area (Å²) in [5, 5.41) is 0. The third-order valence-corrected chi connectivity index (χ3v) is 3.41. The normalized spacial score (nSPS) is 13.7. The van der Waals surface area contributed by atoms with E-state index in [2.05, 4.69) is 11.0 Å². The van der Waals surface area contributed by atoms with Gasteiger partial charge in [0.1, 0.15) is 0 Å². The third-order valence-electron chi connectivity index (χ3n) is 3.41. The Labute approximate surface area is 113 Å². The highest BCUT2D eigenvalue weighted by molar-refractivity contribution is 6.12.